The van der Waals surface area contributed by atoms with Crippen LogP contribution in [0.3, 0.4) is 0 Å². The number of unbranched alkanes of at least 4 members (excludes halogenated alkanes) is 1. The number of aromatic nitrogens is 2. The Bertz CT molecular complexity index is 245. The van der Waals surface area contributed by atoms with Gasteiger partial charge in [0.1, 0.15) is 5.82 Å². The van der Waals surface area contributed by atoms with E-state index in [-0.39, 0.29) is 0 Å². The second kappa shape index (κ2) is 6.60. The van der Waals surface area contributed by atoms with Crippen LogP contribution in [0.25, 0.3) is 0 Å². The van der Waals surface area contributed by atoms with Crippen LogP contribution in [-0.4, -0.2) is 22.8 Å². The van der Waals surface area contributed by atoms with E-state index in [2.05, 4.69) is 16.5 Å². The lowest BCUT2D eigenvalue weighted by Crippen LogP contribution is -2.02. The number of ether oxygens (including phenoxy) is 1. The van der Waals surface area contributed by atoms with Crippen LogP contribution >= 0.6 is 0 Å². The van der Waals surface area contributed by atoms with Crippen molar-refractivity contribution in [2.45, 2.75) is 39.7 Å². The van der Waals surface area contributed by atoms with E-state index in [1.807, 2.05) is 19.3 Å². The molecule has 1 aromatic rings. The van der Waals surface area contributed by atoms with Crippen molar-refractivity contribution in [3.05, 3.63) is 18.2 Å². The maximum atomic E-state index is 5.41. The van der Waals surface area contributed by atoms with Gasteiger partial charge in [0.25, 0.3) is 0 Å². The van der Waals surface area contributed by atoms with Gasteiger partial charge >= 0.3 is 0 Å². The Labute approximate surface area is 86.1 Å². The Morgan fingerprint density at radius 2 is 2.21 bits per heavy atom. The molecule has 0 saturated heterocycles. The van der Waals surface area contributed by atoms with Gasteiger partial charge in [0.15, 0.2) is 0 Å². The molecule has 0 aromatic carbocycles. The lowest BCUT2D eigenvalue weighted by Gasteiger charge is -2.05. The zero-order valence-corrected chi connectivity index (χ0v) is 9.20. The first-order valence-corrected chi connectivity index (χ1v) is 5.40. The van der Waals surface area contributed by atoms with Gasteiger partial charge < -0.3 is 9.30 Å². The van der Waals surface area contributed by atoms with E-state index in [9.17, 15) is 0 Å². The SMILES string of the molecule is CCCOCCCCn1ccnc1C. The molecule has 0 saturated carbocycles. The molecule has 0 unspecified atom stereocenters. The molecular weight excluding hydrogens is 176 g/mol. The summed E-state index contributed by atoms with van der Waals surface area (Å²) in [5.41, 5.74) is 0. The van der Waals surface area contributed by atoms with E-state index < -0.39 is 0 Å². The van der Waals surface area contributed by atoms with Crippen molar-refractivity contribution in [1.29, 1.82) is 0 Å². The first-order valence-electron chi connectivity index (χ1n) is 5.40. The van der Waals surface area contributed by atoms with Crippen molar-refractivity contribution < 1.29 is 4.74 Å². The second-order valence-corrected chi connectivity index (χ2v) is 3.49. The fraction of sp³-hybridized carbons (Fsp3) is 0.727. The number of rotatable bonds is 7. The van der Waals surface area contributed by atoms with Gasteiger partial charge in [-0.2, -0.15) is 0 Å². The molecule has 1 heterocycles. The van der Waals surface area contributed by atoms with E-state index >= 15 is 0 Å². The quantitative estimate of drug-likeness (QED) is 0.626. The Morgan fingerprint density at radius 1 is 1.36 bits per heavy atom. The lowest BCUT2D eigenvalue weighted by molar-refractivity contribution is 0.130. The highest BCUT2D eigenvalue weighted by Crippen LogP contribution is 2.00. The highest BCUT2D eigenvalue weighted by molar-refractivity contribution is 4.87. The van der Waals surface area contributed by atoms with Crippen LogP contribution in [0.1, 0.15) is 32.0 Å². The fourth-order valence-electron chi connectivity index (χ4n) is 1.37. The van der Waals surface area contributed by atoms with Gasteiger partial charge in [0.2, 0.25) is 0 Å². The molecule has 0 radical (unpaired) electrons. The van der Waals surface area contributed by atoms with Crippen molar-refractivity contribution in [2.75, 3.05) is 13.2 Å². The predicted molar refractivity (Wildman–Crippen MR) is 57.3 cm³/mol. The van der Waals surface area contributed by atoms with E-state index in [1.54, 1.807) is 0 Å². The van der Waals surface area contributed by atoms with Crippen LogP contribution in [0, 0.1) is 6.92 Å². The molecule has 14 heavy (non-hydrogen) atoms. The topological polar surface area (TPSA) is 27.1 Å². The minimum Gasteiger partial charge on any atom is -0.381 e. The average Bonchev–Trinajstić information content (AvgIpc) is 2.58. The molecular formula is C11H20N2O. The summed E-state index contributed by atoms with van der Waals surface area (Å²) in [5, 5.41) is 0. The molecule has 0 amide bonds. The zero-order valence-electron chi connectivity index (χ0n) is 9.20. The van der Waals surface area contributed by atoms with E-state index in [1.165, 1.54) is 6.42 Å². The molecule has 0 N–H and O–H groups in total. The minimum atomic E-state index is 0.890. The van der Waals surface area contributed by atoms with Gasteiger partial charge in [0, 0.05) is 32.2 Å². The van der Waals surface area contributed by atoms with Crippen molar-refractivity contribution in [3.63, 3.8) is 0 Å². The predicted octanol–water partition coefficient (Wildman–Crippen LogP) is 2.40. The Balaban J connectivity index is 2.02. The number of nitrogens with zero attached hydrogens (tertiary/aromatic N) is 2. The van der Waals surface area contributed by atoms with Gasteiger partial charge in [-0.25, -0.2) is 4.98 Å². The van der Waals surface area contributed by atoms with Gasteiger partial charge in [-0.05, 0) is 26.2 Å². The van der Waals surface area contributed by atoms with Crippen LogP contribution in [0.5, 0.6) is 0 Å². The first-order chi connectivity index (χ1) is 6.84. The zero-order chi connectivity index (χ0) is 10.2. The number of imidazole rings is 1. The Morgan fingerprint density at radius 3 is 2.86 bits per heavy atom. The maximum Gasteiger partial charge on any atom is 0.105 e. The smallest absolute Gasteiger partial charge is 0.105 e. The van der Waals surface area contributed by atoms with Crippen molar-refractivity contribution in [2.24, 2.45) is 0 Å². The molecule has 1 rings (SSSR count). The van der Waals surface area contributed by atoms with Crippen LogP contribution in [0.2, 0.25) is 0 Å². The third kappa shape index (κ3) is 3.92. The highest BCUT2D eigenvalue weighted by atomic mass is 16.5. The van der Waals surface area contributed by atoms with Crippen LogP contribution in [0.4, 0.5) is 0 Å². The third-order valence-corrected chi connectivity index (χ3v) is 2.21. The fourth-order valence-corrected chi connectivity index (χ4v) is 1.37. The largest absolute Gasteiger partial charge is 0.381 e. The monoisotopic (exact) mass is 196 g/mol. The lowest BCUT2D eigenvalue weighted by atomic mass is 10.3. The molecule has 0 bridgehead atoms. The van der Waals surface area contributed by atoms with Gasteiger partial charge in [0.05, 0.1) is 0 Å². The molecule has 3 heteroatoms. The maximum absolute atomic E-state index is 5.41. The molecule has 0 aliphatic carbocycles. The van der Waals surface area contributed by atoms with Crippen LogP contribution in [-0.2, 0) is 11.3 Å². The number of aryl methyl sites for hydroxylation is 2. The van der Waals surface area contributed by atoms with Crippen molar-refractivity contribution in [1.82, 2.24) is 9.55 Å². The summed E-state index contributed by atoms with van der Waals surface area (Å²) in [6.07, 6.45) is 7.30. The standard InChI is InChI=1S/C11H20N2O/c1-3-9-14-10-5-4-7-13-8-6-12-11(13)2/h6,8H,3-5,7,9-10H2,1-2H3. The van der Waals surface area contributed by atoms with Gasteiger partial charge in [-0.3, -0.25) is 0 Å². The summed E-state index contributed by atoms with van der Waals surface area (Å²) in [4.78, 5) is 4.18. The van der Waals surface area contributed by atoms with E-state index in [0.29, 0.717) is 0 Å². The molecule has 0 aliphatic rings. The third-order valence-electron chi connectivity index (χ3n) is 2.21. The second-order valence-electron chi connectivity index (χ2n) is 3.49. The van der Waals surface area contributed by atoms with E-state index in [0.717, 1.165) is 38.4 Å². The summed E-state index contributed by atoms with van der Waals surface area (Å²) >= 11 is 0. The van der Waals surface area contributed by atoms with Crippen LogP contribution < -0.4 is 0 Å². The average molecular weight is 196 g/mol. The van der Waals surface area contributed by atoms with Crippen molar-refractivity contribution >= 4 is 0 Å². The van der Waals surface area contributed by atoms with Crippen molar-refractivity contribution in [3.8, 4) is 0 Å². The summed E-state index contributed by atoms with van der Waals surface area (Å²) in [6, 6.07) is 0. The van der Waals surface area contributed by atoms with Gasteiger partial charge in [-0.15, -0.1) is 0 Å². The summed E-state index contributed by atoms with van der Waals surface area (Å²) in [5.74, 6) is 1.10. The molecule has 3 nitrogen and oxygen atoms in total. The molecule has 80 valence electrons. The normalized spacial score (nSPS) is 10.7. The molecule has 0 spiro atoms. The molecule has 0 atom stereocenters. The first kappa shape index (κ1) is 11.2. The Hall–Kier alpha value is -0.830. The molecule has 1 aromatic heterocycles. The number of hydrogen-bond donors (Lipinski definition) is 0. The summed E-state index contributed by atoms with van der Waals surface area (Å²) in [7, 11) is 0. The summed E-state index contributed by atoms with van der Waals surface area (Å²) in [6.45, 7) is 7.01. The van der Waals surface area contributed by atoms with E-state index in [4.69, 9.17) is 4.74 Å². The Kier molecular flexibility index (Phi) is 5.30. The molecule has 0 aliphatic heterocycles. The number of hydrogen-bond acceptors (Lipinski definition) is 2. The van der Waals surface area contributed by atoms with Gasteiger partial charge in [-0.1, -0.05) is 6.92 Å². The molecule has 0 fully saturated rings. The summed E-state index contributed by atoms with van der Waals surface area (Å²) < 4.78 is 7.59. The minimum absolute atomic E-state index is 0.890. The van der Waals surface area contributed by atoms with Crippen LogP contribution in [0.15, 0.2) is 12.4 Å². The highest BCUT2D eigenvalue weighted by Gasteiger charge is 1.95.